The highest BCUT2D eigenvalue weighted by Crippen LogP contribution is 2.40. The number of nitrogens with one attached hydrogen (secondary N) is 1. The summed E-state index contributed by atoms with van der Waals surface area (Å²) in [6, 6.07) is 8.07. The summed E-state index contributed by atoms with van der Waals surface area (Å²) in [5, 5.41) is 8.99. The number of hydrogen-bond donors (Lipinski definition) is 2. The number of carbonyl (C=O) groups is 2. The highest BCUT2D eigenvalue weighted by molar-refractivity contribution is 5.90. The zero-order valence-electron chi connectivity index (χ0n) is 15.8. The molecule has 1 saturated heterocycles. The van der Waals surface area contributed by atoms with Gasteiger partial charge in [0.15, 0.2) is 0 Å². The summed E-state index contributed by atoms with van der Waals surface area (Å²) in [6.45, 7) is 4.73. The van der Waals surface area contributed by atoms with E-state index in [9.17, 15) is 9.59 Å². The molecular weight excluding hydrogens is 328 g/mol. The lowest BCUT2D eigenvalue weighted by atomic mass is 9.79. The molecule has 0 aromatic heterocycles. The van der Waals surface area contributed by atoms with Crippen molar-refractivity contribution in [2.75, 3.05) is 6.54 Å². The van der Waals surface area contributed by atoms with Gasteiger partial charge in [-0.15, -0.1) is 0 Å². The van der Waals surface area contributed by atoms with Gasteiger partial charge in [0.05, 0.1) is 5.41 Å². The fraction of sp³-hybridized carbons (Fsp3) is 0.619. The molecule has 0 spiro atoms. The molecule has 3 rings (SSSR count). The molecule has 0 radical (unpaired) electrons. The summed E-state index contributed by atoms with van der Waals surface area (Å²) in [7, 11) is 0. The number of hydroxylamine groups is 1. The van der Waals surface area contributed by atoms with E-state index in [0.29, 0.717) is 12.5 Å². The lowest BCUT2D eigenvalue weighted by Gasteiger charge is -2.37. The van der Waals surface area contributed by atoms with Gasteiger partial charge < -0.3 is 4.90 Å². The zero-order valence-corrected chi connectivity index (χ0v) is 15.8. The Hall–Kier alpha value is -1.88. The minimum Gasteiger partial charge on any atom is -0.338 e. The molecule has 1 heterocycles. The lowest BCUT2D eigenvalue weighted by Crippen LogP contribution is -2.47. The number of amides is 2. The predicted molar refractivity (Wildman–Crippen MR) is 99.8 cm³/mol. The van der Waals surface area contributed by atoms with E-state index >= 15 is 0 Å². The van der Waals surface area contributed by atoms with Crippen LogP contribution in [0.15, 0.2) is 24.3 Å². The topological polar surface area (TPSA) is 69.6 Å². The molecule has 2 fully saturated rings. The summed E-state index contributed by atoms with van der Waals surface area (Å²) in [6.07, 6.45) is 6.57. The second kappa shape index (κ2) is 7.78. The Bertz CT molecular complexity index is 652. The van der Waals surface area contributed by atoms with E-state index in [1.165, 1.54) is 12.0 Å². The van der Waals surface area contributed by atoms with E-state index in [2.05, 4.69) is 0 Å². The third-order valence-electron chi connectivity index (χ3n) is 6.39. The molecule has 2 N–H and O–H groups in total. The predicted octanol–water partition coefficient (Wildman–Crippen LogP) is 3.33. The third-order valence-corrected chi connectivity index (χ3v) is 6.39. The first kappa shape index (κ1) is 18.9. The Morgan fingerprint density at radius 2 is 1.92 bits per heavy atom. The second-order valence-corrected chi connectivity index (χ2v) is 8.15. The number of rotatable bonds is 5. The Labute approximate surface area is 155 Å². The summed E-state index contributed by atoms with van der Waals surface area (Å²) in [5.41, 5.74) is 3.45. The molecule has 5 heteroatoms. The molecule has 2 atom stereocenters. The van der Waals surface area contributed by atoms with E-state index in [-0.39, 0.29) is 18.4 Å². The number of carbonyl (C=O) groups excluding carboxylic acids is 2. The van der Waals surface area contributed by atoms with Crippen LogP contribution in [-0.4, -0.2) is 34.5 Å². The van der Waals surface area contributed by atoms with Crippen LogP contribution >= 0.6 is 0 Å². The number of hydrogen-bond acceptors (Lipinski definition) is 3. The van der Waals surface area contributed by atoms with Gasteiger partial charge in [-0.1, -0.05) is 49.1 Å². The Balaban J connectivity index is 1.84. The van der Waals surface area contributed by atoms with Crippen LogP contribution in [0.3, 0.4) is 0 Å². The van der Waals surface area contributed by atoms with E-state index in [1.54, 1.807) is 5.48 Å². The van der Waals surface area contributed by atoms with Crippen LogP contribution in [0.5, 0.6) is 0 Å². The van der Waals surface area contributed by atoms with Crippen LogP contribution in [0.25, 0.3) is 0 Å². The van der Waals surface area contributed by atoms with Crippen molar-refractivity contribution in [1.82, 2.24) is 10.4 Å². The molecule has 1 aliphatic carbocycles. The average molecular weight is 358 g/mol. The van der Waals surface area contributed by atoms with Gasteiger partial charge in [0.2, 0.25) is 11.8 Å². The van der Waals surface area contributed by atoms with Gasteiger partial charge in [-0.2, -0.15) is 0 Å². The molecule has 1 aromatic rings. The molecule has 142 valence electrons. The normalized spacial score (nSPS) is 25.3. The van der Waals surface area contributed by atoms with Gasteiger partial charge in [0.25, 0.3) is 0 Å². The van der Waals surface area contributed by atoms with E-state index in [0.717, 1.165) is 37.7 Å². The van der Waals surface area contributed by atoms with Gasteiger partial charge in [0, 0.05) is 19.0 Å². The number of nitrogens with zero attached hydrogens (tertiary/aromatic N) is 1. The van der Waals surface area contributed by atoms with Gasteiger partial charge in [0.1, 0.15) is 0 Å². The molecule has 1 unspecified atom stereocenters. The van der Waals surface area contributed by atoms with Crippen molar-refractivity contribution in [1.29, 1.82) is 0 Å². The molecule has 1 saturated carbocycles. The first-order chi connectivity index (χ1) is 12.5. The summed E-state index contributed by atoms with van der Waals surface area (Å²) >= 11 is 0. The molecule has 2 amide bonds. The maximum Gasteiger partial charge on any atom is 0.245 e. The summed E-state index contributed by atoms with van der Waals surface area (Å²) in [5.74, 6) is 0.0466. The highest BCUT2D eigenvalue weighted by Gasteiger charge is 2.47. The number of likely N-dealkylation sites (tertiary alicyclic amines) is 1. The van der Waals surface area contributed by atoms with Crippen molar-refractivity contribution in [3.8, 4) is 0 Å². The highest BCUT2D eigenvalue weighted by atomic mass is 16.5. The molecule has 2 aliphatic rings. The average Bonchev–Trinajstić information content (AvgIpc) is 2.97. The SMILES string of the molecule is Cc1ccc(C2(C)CCN([C@@H](CC(=O)NO)C3CCCCC3)C2=O)cc1. The minimum atomic E-state index is -0.531. The Kier molecular flexibility index (Phi) is 5.66. The maximum absolute atomic E-state index is 13.4. The first-order valence-corrected chi connectivity index (χ1v) is 9.77. The monoisotopic (exact) mass is 358 g/mol. The van der Waals surface area contributed by atoms with Gasteiger partial charge >= 0.3 is 0 Å². The fourth-order valence-electron chi connectivity index (χ4n) is 4.66. The third kappa shape index (κ3) is 3.63. The standard InChI is InChI=1S/C21H30N2O3/c1-15-8-10-17(11-9-15)21(2)12-13-23(20(21)25)18(14-19(24)22-26)16-6-4-3-5-7-16/h8-11,16,18,26H,3-7,12-14H2,1-2H3,(H,22,24)/t18-,21?/m0/s1. The molecule has 5 nitrogen and oxygen atoms in total. The molecule has 26 heavy (non-hydrogen) atoms. The van der Waals surface area contributed by atoms with Crippen molar-refractivity contribution >= 4 is 11.8 Å². The smallest absolute Gasteiger partial charge is 0.245 e. The van der Waals surface area contributed by atoms with E-state index in [1.807, 2.05) is 43.0 Å². The van der Waals surface area contributed by atoms with Crippen molar-refractivity contribution < 1.29 is 14.8 Å². The van der Waals surface area contributed by atoms with Crippen molar-refractivity contribution in [2.45, 2.75) is 70.3 Å². The van der Waals surface area contributed by atoms with Crippen LogP contribution in [0.4, 0.5) is 0 Å². The van der Waals surface area contributed by atoms with Crippen LogP contribution in [0.2, 0.25) is 0 Å². The Morgan fingerprint density at radius 3 is 2.54 bits per heavy atom. The van der Waals surface area contributed by atoms with Crippen LogP contribution in [-0.2, 0) is 15.0 Å². The largest absolute Gasteiger partial charge is 0.338 e. The molecular formula is C21H30N2O3. The number of aryl methyl sites for hydroxylation is 1. The second-order valence-electron chi connectivity index (χ2n) is 8.15. The number of benzene rings is 1. The van der Waals surface area contributed by atoms with E-state index < -0.39 is 11.3 Å². The van der Waals surface area contributed by atoms with Gasteiger partial charge in [-0.3, -0.25) is 14.8 Å². The van der Waals surface area contributed by atoms with Crippen LogP contribution in [0, 0.1) is 12.8 Å². The summed E-state index contributed by atoms with van der Waals surface area (Å²) < 4.78 is 0. The Morgan fingerprint density at radius 1 is 1.27 bits per heavy atom. The zero-order chi connectivity index (χ0) is 18.7. The van der Waals surface area contributed by atoms with E-state index in [4.69, 9.17) is 5.21 Å². The van der Waals surface area contributed by atoms with Crippen LogP contribution in [0.1, 0.15) is 63.0 Å². The quantitative estimate of drug-likeness (QED) is 0.626. The molecule has 1 aliphatic heterocycles. The molecule has 0 bridgehead atoms. The van der Waals surface area contributed by atoms with Crippen molar-refractivity contribution in [2.24, 2.45) is 5.92 Å². The van der Waals surface area contributed by atoms with Crippen molar-refractivity contribution in [3.05, 3.63) is 35.4 Å². The minimum absolute atomic E-state index is 0.114. The van der Waals surface area contributed by atoms with Crippen molar-refractivity contribution in [3.63, 3.8) is 0 Å². The fourth-order valence-corrected chi connectivity index (χ4v) is 4.66. The van der Waals surface area contributed by atoms with Gasteiger partial charge in [-0.05, 0) is 44.6 Å². The summed E-state index contributed by atoms with van der Waals surface area (Å²) in [4.78, 5) is 27.2. The van der Waals surface area contributed by atoms with Crippen LogP contribution < -0.4 is 5.48 Å². The lowest BCUT2D eigenvalue weighted by molar-refractivity contribution is -0.138. The maximum atomic E-state index is 13.4. The molecule has 1 aromatic carbocycles. The van der Waals surface area contributed by atoms with Gasteiger partial charge in [-0.25, -0.2) is 5.48 Å². The first-order valence-electron chi connectivity index (χ1n) is 9.77.